The number of aromatic nitrogens is 3. The second-order valence-electron chi connectivity index (χ2n) is 6.34. The predicted molar refractivity (Wildman–Crippen MR) is 78.2 cm³/mol. The zero-order chi connectivity index (χ0) is 15.9. The molecule has 1 unspecified atom stereocenters. The highest BCUT2D eigenvalue weighted by atomic mass is 16.7. The third-order valence-corrected chi connectivity index (χ3v) is 3.71. The van der Waals surface area contributed by atoms with Crippen molar-refractivity contribution in [2.45, 2.75) is 38.6 Å². The van der Waals surface area contributed by atoms with E-state index in [-0.39, 0.29) is 18.2 Å². The molecular weight excluding hydrogens is 302 g/mol. The van der Waals surface area contributed by atoms with Gasteiger partial charge in [-0.25, -0.2) is 4.98 Å². The molecule has 2 aliphatic rings. The van der Waals surface area contributed by atoms with E-state index in [4.69, 9.17) is 23.4 Å². The van der Waals surface area contributed by atoms with Gasteiger partial charge < -0.3 is 23.4 Å². The first-order valence-electron chi connectivity index (χ1n) is 7.78. The lowest BCUT2D eigenvalue weighted by atomic mass is 10.4. The number of hydrogen-bond acceptors (Lipinski definition) is 8. The Balaban J connectivity index is 1.37. The Kier molecular flexibility index (Phi) is 3.57. The number of ether oxygens (including phenoxy) is 4. The van der Waals surface area contributed by atoms with Crippen LogP contribution in [0.25, 0.3) is 11.2 Å². The summed E-state index contributed by atoms with van der Waals surface area (Å²) >= 11 is 0. The maximum atomic E-state index is 5.66. The first kappa shape index (κ1) is 14.6. The van der Waals surface area contributed by atoms with Crippen LogP contribution in [-0.4, -0.2) is 46.7 Å². The average molecular weight is 321 g/mol. The molecule has 3 heterocycles. The second-order valence-corrected chi connectivity index (χ2v) is 6.34. The van der Waals surface area contributed by atoms with Gasteiger partial charge in [0, 0.05) is 0 Å². The molecule has 2 aromatic rings. The number of hydrogen-bond donors (Lipinski definition) is 0. The molecule has 0 amide bonds. The molecule has 0 N–H and O–H groups in total. The molecule has 124 valence electrons. The molecule has 8 nitrogen and oxygen atoms in total. The molecule has 0 aromatic carbocycles. The van der Waals surface area contributed by atoms with Crippen molar-refractivity contribution in [1.82, 2.24) is 15.0 Å². The molecule has 4 rings (SSSR count). The fourth-order valence-corrected chi connectivity index (χ4v) is 2.32. The van der Waals surface area contributed by atoms with Gasteiger partial charge in [-0.2, -0.15) is 9.97 Å². The Hall–Kier alpha value is -1.93. The molecular formula is C15H19N3O5. The molecule has 1 aliphatic heterocycles. The first-order chi connectivity index (χ1) is 11.1. The van der Waals surface area contributed by atoms with E-state index < -0.39 is 5.79 Å². The van der Waals surface area contributed by atoms with Gasteiger partial charge in [0.1, 0.15) is 12.7 Å². The lowest BCUT2D eigenvalue weighted by molar-refractivity contribution is -0.141. The highest BCUT2D eigenvalue weighted by Crippen LogP contribution is 2.30. The van der Waals surface area contributed by atoms with E-state index in [2.05, 4.69) is 15.0 Å². The summed E-state index contributed by atoms with van der Waals surface area (Å²) < 4.78 is 27.7. The van der Waals surface area contributed by atoms with Gasteiger partial charge >= 0.3 is 12.1 Å². The van der Waals surface area contributed by atoms with Crippen molar-refractivity contribution in [1.29, 1.82) is 0 Å². The van der Waals surface area contributed by atoms with Crippen LogP contribution in [0.15, 0.2) is 10.6 Å². The molecule has 2 fully saturated rings. The molecule has 0 bridgehead atoms. The molecule has 0 radical (unpaired) electrons. The summed E-state index contributed by atoms with van der Waals surface area (Å²) in [4.78, 5) is 12.5. The van der Waals surface area contributed by atoms with Crippen LogP contribution in [0.4, 0.5) is 0 Å². The second kappa shape index (κ2) is 5.61. The Labute approximate surface area is 133 Å². The average Bonchev–Trinajstić information content (AvgIpc) is 3.16. The van der Waals surface area contributed by atoms with Gasteiger partial charge in [0.2, 0.25) is 0 Å². The topological polar surface area (TPSA) is 88.7 Å². The maximum Gasteiger partial charge on any atom is 0.396 e. The van der Waals surface area contributed by atoms with Gasteiger partial charge in [-0.1, -0.05) is 0 Å². The molecule has 1 aliphatic carbocycles. The van der Waals surface area contributed by atoms with Crippen molar-refractivity contribution in [3.63, 3.8) is 0 Å². The van der Waals surface area contributed by atoms with E-state index >= 15 is 0 Å². The summed E-state index contributed by atoms with van der Waals surface area (Å²) in [5.41, 5.74) is 0.898. The molecule has 0 spiro atoms. The SMILES string of the molecule is CC1(C)OCC(COc2ncc3nc(OCC4CC4)oc3n2)O1. The van der Waals surface area contributed by atoms with E-state index in [0.717, 1.165) is 0 Å². The largest absolute Gasteiger partial charge is 0.461 e. The molecule has 1 saturated heterocycles. The lowest BCUT2D eigenvalue weighted by Crippen LogP contribution is -2.25. The molecule has 2 aromatic heterocycles. The Bertz CT molecular complexity index is 697. The molecule has 8 heteroatoms. The van der Waals surface area contributed by atoms with E-state index in [1.54, 1.807) is 6.20 Å². The molecule has 23 heavy (non-hydrogen) atoms. The quantitative estimate of drug-likeness (QED) is 0.797. The Morgan fingerprint density at radius 1 is 1.22 bits per heavy atom. The van der Waals surface area contributed by atoms with Gasteiger partial charge in [-0.05, 0) is 32.6 Å². The smallest absolute Gasteiger partial charge is 0.396 e. The van der Waals surface area contributed by atoms with Crippen molar-refractivity contribution in [2.75, 3.05) is 19.8 Å². The highest BCUT2D eigenvalue weighted by Gasteiger charge is 2.33. The van der Waals surface area contributed by atoms with E-state index in [9.17, 15) is 0 Å². The molecule has 1 saturated carbocycles. The third kappa shape index (κ3) is 3.53. The van der Waals surface area contributed by atoms with E-state index in [0.29, 0.717) is 37.0 Å². The van der Waals surface area contributed by atoms with Crippen molar-refractivity contribution in [3.8, 4) is 12.1 Å². The van der Waals surface area contributed by atoms with Gasteiger partial charge in [0.05, 0.1) is 19.4 Å². The van der Waals surface area contributed by atoms with Crippen LogP contribution < -0.4 is 9.47 Å². The van der Waals surface area contributed by atoms with Crippen molar-refractivity contribution in [3.05, 3.63) is 6.20 Å². The van der Waals surface area contributed by atoms with Crippen LogP contribution in [-0.2, 0) is 9.47 Å². The van der Waals surface area contributed by atoms with Gasteiger partial charge in [-0.3, -0.25) is 0 Å². The predicted octanol–water partition coefficient (Wildman–Crippen LogP) is 1.94. The molecule has 1 atom stereocenters. The van der Waals surface area contributed by atoms with Crippen molar-refractivity contribution < 1.29 is 23.4 Å². The monoisotopic (exact) mass is 321 g/mol. The summed E-state index contributed by atoms with van der Waals surface area (Å²) in [5, 5.41) is 0. The van der Waals surface area contributed by atoms with Gasteiger partial charge in [0.25, 0.3) is 5.71 Å². The Morgan fingerprint density at radius 3 is 2.83 bits per heavy atom. The van der Waals surface area contributed by atoms with Crippen LogP contribution in [0.2, 0.25) is 0 Å². The minimum Gasteiger partial charge on any atom is -0.461 e. The maximum absolute atomic E-state index is 5.66. The standard InChI is InChI=1S/C15H19N3O5/c1-15(2)21-8-10(23-15)7-19-13-16-5-11-12(18-13)22-14(17-11)20-6-9-3-4-9/h5,9-10H,3-4,6-8H2,1-2H3. The fourth-order valence-electron chi connectivity index (χ4n) is 2.32. The summed E-state index contributed by atoms with van der Waals surface area (Å²) in [6.45, 7) is 5.17. The van der Waals surface area contributed by atoms with Crippen LogP contribution in [0.5, 0.6) is 12.1 Å². The summed E-state index contributed by atoms with van der Waals surface area (Å²) in [7, 11) is 0. The van der Waals surface area contributed by atoms with E-state index in [1.807, 2.05) is 13.8 Å². The van der Waals surface area contributed by atoms with E-state index in [1.165, 1.54) is 12.8 Å². The van der Waals surface area contributed by atoms with Crippen LogP contribution in [0.1, 0.15) is 26.7 Å². The first-order valence-corrected chi connectivity index (χ1v) is 7.78. The van der Waals surface area contributed by atoms with Crippen LogP contribution >= 0.6 is 0 Å². The lowest BCUT2D eigenvalue weighted by Gasteiger charge is -2.16. The Morgan fingerprint density at radius 2 is 2.09 bits per heavy atom. The minimum atomic E-state index is -0.572. The number of oxazole rings is 1. The zero-order valence-corrected chi connectivity index (χ0v) is 13.2. The van der Waals surface area contributed by atoms with Crippen LogP contribution in [0.3, 0.4) is 0 Å². The summed E-state index contributed by atoms with van der Waals surface area (Å²) in [6, 6.07) is 0.218. The normalized spacial score (nSPS) is 23.3. The summed E-state index contributed by atoms with van der Waals surface area (Å²) in [6.07, 6.45) is 4.06. The number of fused-ring (bicyclic) bond motifs is 1. The van der Waals surface area contributed by atoms with Crippen LogP contribution in [0, 0.1) is 5.92 Å². The number of rotatable bonds is 6. The summed E-state index contributed by atoms with van der Waals surface area (Å²) in [5.74, 6) is 0.0604. The van der Waals surface area contributed by atoms with Crippen molar-refractivity contribution >= 4 is 11.2 Å². The van der Waals surface area contributed by atoms with Gasteiger partial charge in [0.15, 0.2) is 11.3 Å². The third-order valence-electron chi connectivity index (χ3n) is 3.71. The zero-order valence-electron chi connectivity index (χ0n) is 13.2. The fraction of sp³-hybridized carbons (Fsp3) is 0.667. The van der Waals surface area contributed by atoms with Crippen molar-refractivity contribution in [2.24, 2.45) is 5.92 Å². The van der Waals surface area contributed by atoms with Gasteiger partial charge in [-0.15, -0.1) is 0 Å². The minimum absolute atomic E-state index is 0.142. The highest BCUT2D eigenvalue weighted by molar-refractivity contribution is 5.67. The number of nitrogens with zero attached hydrogens (tertiary/aromatic N) is 3.